The number of nitrogens with zero attached hydrogens (tertiary/aromatic N) is 4. The van der Waals surface area contributed by atoms with E-state index in [1.54, 1.807) is 32.7 Å². The molecule has 1 atom stereocenters. The Labute approximate surface area is 195 Å². The fraction of sp³-hybridized carbons (Fsp3) is 0.217. The van der Waals surface area contributed by atoms with E-state index in [9.17, 15) is 9.59 Å². The fourth-order valence-corrected chi connectivity index (χ4v) is 4.13. The van der Waals surface area contributed by atoms with E-state index >= 15 is 0 Å². The number of hydrogen-bond donors (Lipinski definition) is 1. The Morgan fingerprint density at radius 2 is 1.91 bits per heavy atom. The van der Waals surface area contributed by atoms with E-state index in [-0.39, 0.29) is 11.3 Å². The molecule has 0 saturated carbocycles. The molecule has 0 aliphatic carbocycles. The minimum Gasteiger partial charge on any atom is -0.493 e. The van der Waals surface area contributed by atoms with Crippen molar-refractivity contribution >= 4 is 35.0 Å². The molecule has 2 heterocycles. The number of rotatable bonds is 6. The number of thioether (sulfide) groups is 1. The summed E-state index contributed by atoms with van der Waals surface area (Å²) >= 11 is 1.12. The first-order valence-electron chi connectivity index (χ1n) is 10.2. The second-order valence-corrected chi connectivity index (χ2v) is 7.99. The minimum atomic E-state index is -0.790. The lowest BCUT2D eigenvalue weighted by atomic mass is 10.1. The van der Waals surface area contributed by atoms with Crippen LogP contribution in [0.1, 0.15) is 17.3 Å². The SMILES string of the molecule is COc1ccc(C2=NN(C(NC(=O)N3C=CN=CC3)c3ccccc3)C(=O)SC2)cc1OC. The molecule has 0 bridgehead atoms. The molecule has 4 rings (SSSR count). The predicted molar refractivity (Wildman–Crippen MR) is 128 cm³/mol. The first-order chi connectivity index (χ1) is 16.1. The summed E-state index contributed by atoms with van der Waals surface area (Å²) in [4.78, 5) is 31.3. The maximum absolute atomic E-state index is 12.9. The van der Waals surface area contributed by atoms with Crippen molar-refractivity contribution in [1.29, 1.82) is 0 Å². The van der Waals surface area contributed by atoms with Gasteiger partial charge in [-0.3, -0.25) is 14.7 Å². The van der Waals surface area contributed by atoms with Gasteiger partial charge in [-0.15, -0.1) is 0 Å². The molecule has 2 aromatic rings. The molecular formula is C23H23N5O4S. The lowest BCUT2D eigenvalue weighted by Crippen LogP contribution is -2.47. The van der Waals surface area contributed by atoms with Crippen LogP contribution in [0.2, 0.25) is 0 Å². The largest absolute Gasteiger partial charge is 0.493 e. The van der Waals surface area contributed by atoms with Crippen molar-refractivity contribution < 1.29 is 19.1 Å². The Morgan fingerprint density at radius 3 is 2.61 bits per heavy atom. The molecule has 2 aliphatic heterocycles. The number of methoxy groups -OCH3 is 2. The molecule has 1 unspecified atom stereocenters. The summed E-state index contributed by atoms with van der Waals surface area (Å²) in [5.74, 6) is 1.56. The molecule has 0 radical (unpaired) electrons. The summed E-state index contributed by atoms with van der Waals surface area (Å²) in [6, 6.07) is 14.4. The van der Waals surface area contributed by atoms with Crippen LogP contribution >= 0.6 is 11.8 Å². The summed E-state index contributed by atoms with van der Waals surface area (Å²) in [5, 5.41) is 8.63. The maximum atomic E-state index is 12.9. The van der Waals surface area contributed by atoms with Crippen LogP contribution in [0.15, 0.2) is 71.0 Å². The molecule has 3 amide bonds. The maximum Gasteiger partial charge on any atom is 0.323 e. The van der Waals surface area contributed by atoms with Crippen molar-refractivity contribution in [3.05, 3.63) is 72.1 Å². The van der Waals surface area contributed by atoms with Crippen molar-refractivity contribution in [1.82, 2.24) is 15.2 Å². The molecule has 0 aromatic heterocycles. The van der Waals surface area contributed by atoms with Crippen LogP contribution in [0.5, 0.6) is 11.5 Å². The van der Waals surface area contributed by atoms with Gasteiger partial charge in [0.25, 0.3) is 0 Å². The van der Waals surface area contributed by atoms with Gasteiger partial charge in [-0.1, -0.05) is 42.1 Å². The van der Waals surface area contributed by atoms with Gasteiger partial charge in [0, 0.05) is 29.9 Å². The van der Waals surface area contributed by atoms with E-state index in [4.69, 9.17) is 9.47 Å². The standard InChI is InChI=1S/C23H23N5O4S/c1-31-19-9-8-17(14-20(19)32-2)18-15-33-23(30)28(26-18)21(16-6-4-3-5-7-16)25-22(29)27-12-10-24-11-13-27/h3-12,14,21H,13,15H2,1-2H3,(H,25,29). The van der Waals surface area contributed by atoms with Gasteiger partial charge < -0.3 is 14.8 Å². The molecule has 0 spiro atoms. The Morgan fingerprint density at radius 1 is 1.12 bits per heavy atom. The summed E-state index contributed by atoms with van der Waals surface area (Å²) < 4.78 is 10.7. The van der Waals surface area contributed by atoms with E-state index in [0.29, 0.717) is 29.5 Å². The molecule has 2 aliphatic rings. The summed E-state index contributed by atoms with van der Waals surface area (Å²) in [6.07, 6.45) is 3.96. The van der Waals surface area contributed by atoms with E-state index < -0.39 is 6.17 Å². The summed E-state index contributed by atoms with van der Waals surface area (Å²) in [5.41, 5.74) is 2.21. The lowest BCUT2D eigenvalue weighted by molar-refractivity contribution is 0.174. The van der Waals surface area contributed by atoms with Crippen molar-refractivity contribution in [3.63, 3.8) is 0 Å². The van der Waals surface area contributed by atoms with Crippen LogP contribution in [-0.2, 0) is 0 Å². The molecule has 170 valence electrons. The molecule has 33 heavy (non-hydrogen) atoms. The van der Waals surface area contributed by atoms with Gasteiger partial charge in [0.15, 0.2) is 17.7 Å². The first-order valence-corrected chi connectivity index (χ1v) is 11.2. The zero-order valence-electron chi connectivity index (χ0n) is 18.2. The van der Waals surface area contributed by atoms with E-state index in [1.807, 2.05) is 42.5 Å². The Balaban J connectivity index is 1.67. The summed E-state index contributed by atoms with van der Waals surface area (Å²) in [6.45, 7) is 0.340. The van der Waals surface area contributed by atoms with Gasteiger partial charge >= 0.3 is 11.3 Å². The van der Waals surface area contributed by atoms with Crippen molar-refractivity contribution in [2.45, 2.75) is 6.17 Å². The van der Waals surface area contributed by atoms with Crippen molar-refractivity contribution in [2.75, 3.05) is 26.5 Å². The number of ether oxygens (including phenoxy) is 2. The smallest absolute Gasteiger partial charge is 0.323 e. The molecule has 2 aromatic carbocycles. The van der Waals surface area contributed by atoms with Gasteiger partial charge in [-0.2, -0.15) is 10.1 Å². The second kappa shape index (κ2) is 10.2. The third-order valence-electron chi connectivity index (χ3n) is 5.06. The van der Waals surface area contributed by atoms with E-state index in [1.165, 1.54) is 16.1 Å². The summed E-state index contributed by atoms with van der Waals surface area (Å²) in [7, 11) is 3.14. The van der Waals surface area contributed by atoms with Gasteiger partial charge in [0.1, 0.15) is 0 Å². The highest BCUT2D eigenvalue weighted by Gasteiger charge is 2.32. The van der Waals surface area contributed by atoms with E-state index in [0.717, 1.165) is 22.9 Å². The number of aliphatic imine (C=N–C) groups is 1. The van der Waals surface area contributed by atoms with Gasteiger partial charge in [-0.25, -0.2) is 4.79 Å². The molecule has 9 nitrogen and oxygen atoms in total. The van der Waals surface area contributed by atoms with Crippen LogP contribution in [0.3, 0.4) is 0 Å². The number of hydrogen-bond acceptors (Lipinski definition) is 7. The minimum absolute atomic E-state index is 0.260. The van der Waals surface area contributed by atoms with Crippen molar-refractivity contribution in [2.24, 2.45) is 10.1 Å². The van der Waals surface area contributed by atoms with Gasteiger partial charge in [0.05, 0.1) is 26.5 Å². The Bertz CT molecular complexity index is 1120. The molecule has 10 heteroatoms. The first kappa shape index (κ1) is 22.4. The van der Waals surface area contributed by atoms with Crippen LogP contribution in [0.4, 0.5) is 9.59 Å². The zero-order chi connectivity index (χ0) is 23.2. The number of carbonyl (C=O) groups excluding carboxylic acids is 2. The molecule has 1 N–H and O–H groups in total. The van der Waals surface area contributed by atoms with Gasteiger partial charge in [0.2, 0.25) is 0 Å². The van der Waals surface area contributed by atoms with Gasteiger partial charge in [-0.05, 0) is 23.8 Å². The average Bonchev–Trinajstić information content (AvgIpc) is 2.88. The number of carbonyl (C=O) groups is 2. The fourth-order valence-electron chi connectivity index (χ4n) is 3.36. The number of amides is 3. The van der Waals surface area contributed by atoms with Crippen LogP contribution in [0, 0.1) is 0 Å². The topological polar surface area (TPSA) is 95.8 Å². The van der Waals surface area contributed by atoms with Crippen LogP contribution in [0.25, 0.3) is 0 Å². The Hall–Kier alpha value is -3.79. The normalized spacial score (nSPS) is 16.3. The Kier molecular flexibility index (Phi) is 6.94. The number of nitrogens with one attached hydrogen (secondary N) is 1. The predicted octanol–water partition coefficient (Wildman–Crippen LogP) is 3.84. The second-order valence-electron chi connectivity index (χ2n) is 7.06. The monoisotopic (exact) mass is 465 g/mol. The number of hydrazone groups is 1. The lowest BCUT2D eigenvalue weighted by Gasteiger charge is -2.32. The highest BCUT2D eigenvalue weighted by molar-refractivity contribution is 8.14. The number of urea groups is 1. The molecule has 0 fully saturated rings. The highest BCUT2D eigenvalue weighted by atomic mass is 32.2. The van der Waals surface area contributed by atoms with Crippen molar-refractivity contribution in [3.8, 4) is 11.5 Å². The number of benzene rings is 2. The van der Waals surface area contributed by atoms with Crippen LogP contribution in [-0.4, -0.2) is 59.6 Å². The highest BCUT2D eigenvalue weighted by Crippen LogP contribution is 2.32. The third kappa shape index (κ3) is 5.01. The molecule has 0 saturated heterocycles. The quantitative estimate of drug-likeness (QED) is 0.699. The zero-order valence-corrected chi connectivity index (χ0v) is 19.0. The third-order valence-corrected chi connectivity index (χ3v) is 5.91. The molecular weight excluding hydrogens is 442 g/mol. The average molecular weight is 466 g/mol. The van der Waals surface area contributed by atoms with Crippen LogP contribution < -0.4 is 14.8 Å². The van der Waals surface area contributed by atoms with E-state index in [2.05, 4.69) is 15.4 Å².